The molecule has 0 aromatic carbocycles. The van der Waals surface area contributed by atoms with Crippen molar-refractivity contribution in [3.8, 4) is 6.07 Å². The Kier molecular flexibility index (Phi) is 4.46. The van der Waals surface area contributed by atoms with Crippen LogP contribution in [-0.4, -0.2) is 42.4 Å². The summed E-state index contributed by atoms with van der Waals surface area (Å²) < 4.78 is 3.78. The van der Waals surface area contributed by atoms with Gasteiger partial charge in [0.25, 0.3) is 0 Å². The Bertz CT molecular complexity index is 725. The summed E-state index contributed by atoms with van der Waals surface area (Å²) in [5.41, 5.74) is 1.85. The second-order valence-corrected chi connectivity index (χ2v) is 6.22. The van der Waals surface area contributed by atoms with Crippen molar-refractivity contribution in [3.63, 3.8) is 0 Å². The maximum Gasteiger partial charge on any atom is 0.158 e. The van der Waals surface area contributed by atoms with E-state index in [1.807, 2.05) is 35.5 Å². The van der Waals surface area contributed by atoms with Crippen LogP contribution in [0.3, 0.4) is 0 Å². The quantitative estimate of drug-likeness (QED) is 0.906. The van der Waals surface area contributed by atoms with E-state index in [0.29, 0.717) is 17.4 Å². The van der Waals surface area contributed by atoms with Gasteiger partial charge in [-0.25, -0.2) is 0 Å². The Morgan fingerprint density at radius 3 is 2.87 bits per heavy atom. The second kappa shape index (κ2) is 6.52. The molecule has 7 heteroatoms. The Balaban J connectivity index is 1.70. The molecule has 7 nitrogen and oxygen atoms in total. The lowest BCUT2D eigenvalue weighted by atomic mass is 9.97. The maximum atomic E-state index is 9.27. The van der Waals surface area contributed by atoms with E-state index in [2.05, 4.69) is 21.2 Å². The van der Waals surface area contributed by atoms with Gasteiger partial charge in [0.1, 0.15) is 24.2 Å². The Morgan fingerprint density at radius 2 is 2.22 bits per heavy atom. The highest BCUT2D eigenvalue weighted by Crippen LogP contribution is 2.27. The number of piperidine rings is 1. The van der Waals surface area contributed by atoms with Crippen LogP contribution < -0.4 is 0 Å². The third-order valence-electron chi connectivity index (χ3n) is 4.59. The summed E-state index contributed by atoms with van der Waals surface area (Å²) in [5.74, 6) is 1.89. The summed E-state index contributed by atoms with van der Waals surface area (Å²) in [6.07, 6.45) is 4.23. The Labute approximate surface area is 135 Å². The van der Waals surface area contributed by atoms with Crippen LogP contribution in [0.2, 0.25) is 0 Å². The molecule has 1 atom stereocenters. The van der Waals surface area contributed by atoms with Gasteiger partial charge >= 0.3 is 0 Å². The topological polar surface area (TPSA) is 82.9 Å². The monoisotopic (exact) mass is 314 g/mol. The third-order valence-corrected chi connectivity index (χ3v) is 4.59. The molecule has 0 saturated carbocycles. The molecule has 1 fully saturated rings. The zero-order valence-corrected chi connectivity index (χ0v) is 13.6. The lowest BCUT2D eigenvalue weighted by Crippen LogP contribution is -2.34. The summed E-state index contributed by atoms with van der Waals surface area (Å²) in [6.45, 7) is 2.74. The van der Waals surface area contributed by atoms with Crippen molar-refractivity contribution in [2.45, 2.75) is 31.9 Å². The van der Waals surface area contributed by atoms with Crippen LogP contribution in [-0.2, 0) is 27.2 Å². The number of likely N-dealkylation sites (tertiary alicyclic amines) is 1. The van der Waals surface area contributed by atoms with E-state index in [0.717, 1.165) is 38.3 Å². The molecule has 0 aliphatic carbocycles. The smallest absolute Gasteiger partial charge is 0.158 e. The lowest BCUT2D eigenvalue weighted by molar-refractivity contribution is 0.194. The fourth-order valence-corrected chi connectivity index (χ4v) is 3.37. The van der Waals surface area contributed by atoms with E-state index < -0.39 is 0 Å². The minimum atomic E-state index is -0.0825. The van der Waals surface area contributed by atoms with Crippen molar-refractivity contribution in [1.82, 2.24) is 24.2 Å². The molecule has 1 unspecified atom stereocenters. The molecule has 1 aliphatic heterocycles. The maximum absolute atomic E-state index is 9.27. The third kappa shape index (κ3) is 3.14. The summed E-state index contributed by atoms with van der Waals surface area (Å²) >= 11 is 0. The highest BCUT2D eigenvalue weighted by molar-refractivity contribution is 5.28. The normalized spacial score (nSPS) is 19.0. The molecule has 0 radical (unpaired) electrons. The molecule has 1 aliphatic rings. The average molecular weight is 314 g/mol. The first-order valence-electron chi connectivity index (χ1n) is 7.89. The van der Waals surface area contributed by atoms with Gasteiger partial charge in [0.15, 0.2) is 5.82 Å². The fourth-order valence-electron chi connectivity index (χ4n) is 3.37. The number of nitriles is 1. The predicted octanol–water partition coefficient (Wildman–Crippen LogP) is 0.897. The van der Waals surface area contributed by atoms with E-state index in [1.54, 1.807) is 0 Å². The standard InChI is InChI=1S/C16H22N6O/c1-20-8-12(6-14(20)7-17)9-22-5-3-4-13(10-22)16-19-18-15(11-23)21(16)2/h6,8,13,23H,3-5,9-11H2,1-2H3. The molecule has 2 aromatic heterocycles. The van der Waals surface area contributed by atoms with Gasteiger partial charge in [0.05, 0.1) is 0 Å². The first kappa shape index (κ1) is 15.7. The lowest BCUT2D eigenvalue weighted by Gasteiger charge is -2.31. The number of hydrogen-bond donors (Lipinski definition) is 1. The molecule has 3 heterocycles. The first-order chi connectivity index (χ1) is 11.1. The van der Waals surface area contributed by atoms with Gasteiger partial charge in [-0.1, -0.05) is 0 Å². The molecule has 0 amide bonds. The van der Waals surface area contributed by atoms with Crippen molar-refractivity contribution in [2.75, 3.05) is 13.1 Å². The molecule has 1 saturated heterocycles. The minimum Gasteiger partial charge on any atom is -0.388 e. The SMILES string of the molecule is Cn1cc(CN2CCCC(c3nnc(CO)n3C)C2)cc1C#N. The fraction of sp³-hybridized carbons (Fsp3) is 0.562. The highest BCUT2D eigenvalue weighted by atomic mass is 16.3. The van der Waals surface area contributed by atoms with Crippen LogP contribution >= 0.6 is 0 Å². The molecular formula is C16H22N6O. The predicted molar refractivity (Wildman–Crippen MR) is 84.3 cm³/mol. The van der Waals surface area contributed by atoms with E-state index in [-0.39, 0.29) is 6.61 Å². The van der Waals surface area contributed by atoms with Crippen LogP contribution in [0.1, 0.15) is 41.7 Å². The second-order valence-electron chi connectivity index (χ2n) is 6.22. The number of aryl methyl sites for hydroxylation is 1. The zero-order chi connectivity index (χ0) is 16.4. The molecule has 0 spiro atoms. The Hall–Kier alpha value is -2.17. The zero-order valence-electron chi connectivity index (χ0n) is 13.6. The molecule has 3 rings (SSSR count). The summed E-state index contributed by atoms with van der Waals surface area (Å²) in [6, 6.07) is 4.16. The van der Waals surface area contributed by atoms with Crippen molar-refractivity contribution in [2.24, 2.45) is 14.1 Å². The Morgan fingerprint density at radius 1 is 1.39 bits per heavy atom. The number of rotatable bonds is 4. The number of nitrogens with zero attached hydrogens (tertiary/aromatic N) is 6. The van der Waals surface area contributed by atoms with Crippen molar-refractivity contribution in [3.05, 3.63) is 35.2 Å². The van der Waals surface area contributed by atoms with Gasteiger partial charge in [-0.05, 0) is 31.0 Å². The molecule has 122 valence electrons. The van der Waals surface area contributed by atoms with Gasteiger partial charge < -0.3 is 14.2 Å². The summed E-state index contributed by atoms with van der Waals surface area (Å²) in [5, 5.41) is 26.6. The first-order valence-corrected chi connectivity index (χ1v) is 7.89. The van der Waals surface area contributed by atoms with E-state index in [9.17, 15) is 5.11 Å². The van der Waals surface area contributed by atoms with Crippen molar-refractivity contribution >= 4 is 0 Å². The molecular weight excluding hydrogens is 292 g/mol. The van der Waals surface area contributed by atoms with Gasteiger partial charge in [0, 0.05) is 39.3 Å². The molecule has 2 aromatic rings. The highest BCUT2D eigenvalue weighted by Gasteiger charge is 2.26. The van der Waals surface area contributed by atoms with Crippen molar-refractivity contribution in [1.29, 1.82) is 5.26 Å². The van der Waals surface area contributed by atoms with E-state index >= 15 is 0 Å². The number of aromatic nitrogens is 4. The van der Waals surface area contributed by atoms with Gasteiger partial charge in [-0.3, -0.25) is 4.90 Å². The minimum absolute atomic E-state index is 0.0825. The van der Waals surface area contributed by atoms with Crippen LogP contribution in [0.25, 0.3) is 0 Å². The number of hydrogen-bond acceptors (Lipinski definition) is 5. The molecule has 0 bridgehead atoms. The van der Waals surface area contributed by atoms with Crippen LogP contribution in [0.15, 0.2) is 12.3 Å². The van der Waals surface area contributed by atoms with Crippen LogP contribution in [0.4, 0.5) is 0 Å². The largest absolute Gasteiger partial charge is 0.388 e. The summed E-state index contributed by atoms with van der Waals surface area (Å²) in [4.78, 5) is 2.40. The van der Waals surface area contributed by atoms with Gasteiger partial charge in [0.2, 0.25) is 0 Å². The number of aliphatic hydroxyl groups excluding tert-OH is 1. The van der Waals surface area contributed by atoms with E-state index in [1.165, 1.54) is 5.56 Å². The van der Waals surface area contributed by atoms with Crippen LogP contribution in [0.5, 0.6) is 0 Å². The van der Waals surface area contributed by atoms with Crippen molar-refractivity contribution < 1.29 is 5.11 Å². The number of aliphatic hydroxyl groups is 1. The summed E-state index contributed by atoms with van der Waals surface area (Å²) in [7, 11) is 3.81. The molecule has 1 N–H and O–H groups in total. The average Bonchev–Trinajstić information content (AvgIpc) is 3.09. The van der Waals surface area contributed by atoms with Crippen LogP contribution in [0, 0.1) is 11.3 Å². The van der Waals surface area contributed by atoms with E-state index in [4.69, 9.17) is 5.26 Å². The molecule has 23 heavy (non-hydrogen) atoms. The van der Waals surface area contributed by atoms with Gasteiger partial charge in [-0.15, -0.1) is 10.2 Å². The van der Waals surface area contributed by atoms with Gasteiger partial charge in [-0.2, -0.15) is 5.26 Å².